The number of hydrogen-bond donors (Lipinski definition) is 0. The molecule has 4 unspecified atom stereocenters. The number of rotatable bonds is 12. The topological polar surface area (TPSA) is 119 Å². The monoisotopic (exact) mass is 864 g/mol. The zero-order valence-corrected chi connectivity index (χ0v) is 34.4. The van der Waals surface area contributed by atoms with Crippen LogP contribution in [0, 0.1) is 57.2 Å². The molecule has 2 aliphatic carbocycles. The van der Waals surface area contributed by atoms with Gasteiger partial charge >= 0.3 is 18.1 Å². The normalized spacial score (nSPS) is 20.7. The van der Waals surface area contributed by atoms with Crippen LogP contribution in [0.2, 0.25) is 0 Å². The quantitative estimate of drug-likeness (QED) is 0.129. The van der Waals surface area contributed by atoms with Gasteiger partial charge in [-0.25, -0.2) is 0 Å². The van der Waals surface area contributed by atoms with Crippen molar-refractivity contribution in [3.63, 3.8) is 0 Å². The predicted octanol–water partition coefficient (Wildman–Crippen LogP) is 12.7. The van der Waals surface area contributed by atoms with Crippen LogP contribution in [0.1, 0.15) is 51.0 Å². The maximum absolute atomic E-state index is 12.7. The van der Waals surface area contributed by atoms with E-state index in [0.29, 0.717) is 34.1 Å². The third-order valence-electron chi connectivity index (χ3n) is 10.2. The van der Waals surface area contributed by atoms with Crippen molar-refractivity contribution in [2.45, 2.75) is 46.1 Å². The Kier molecular flexibility index (Phi) is 14.1. The number of nitriles is 2. The lowest BCUT2D eigenvalue weighted by Gasteiger charge is -2.13. The van der Waals surface area contributed by atoms with Gasteiger partial charge < -0.3 is 18.9 Å². The zero-order chi connectivity index (χ0) is 43.1. The van der Waals surface area contributed by atoms with Crippen molar-refractivity contribution < 1.29 is 41.7 Å². The van der Waals surface area contributed by atoms with Gasteiger partial charge in [-0.2, -0.15) is 23.7 Å². The van der Waals surface area contributed by atoms with Gasteiger partial charge in [0.2, 0.25) is 12.2 Å². The summed E-state index contributed by atoms with van der Waals surface area (Å²) in [6.07, 6.45) is -4.46. The molecule has 4 aromatic rings. The van der Waals surface area contributed by atoms with Gasteiger partial charge in [-0.1, -0.05) is 129 Å². The van der Waals surface area contributed by atoms with Crippen LogP contribution < -0.4 is 9.47 Å². The first-order valence-corrected chi connectivity index (χ1v) is 19.3. The first-order chi connectivity index (χ1) is 27.9. The molecule has 4 aromatic carbocycles. The standard InChI is InChI=1S/C23H19ClF3NO3.C22H19Cl2NO3/c1-22(2)17(12-19(24)23(25,26)27)20(22)21(29)31-18(13-28)14-7-6-10-16(11-14)30-15-8-4-3-5-9-15;1-22(2)17(12-19(23)24)20(22)21(26)28-18(13-25)14-7-6-10-16(11-14)27-15-8-4-3-5-9-15/h3-12,17-18,20H,1-2H3;3-12,17-18,20H,1-2H3/b19-12-;/t17-,18?,20-;/m0./s1. The fourth-order valence-corrected chi connectivity index (χ4v) is 7.12. The van der Waals surface area contributed by atoms with Crippen LogP contribution in [0.15, 0.2) is 131 Å². The summed E-state index contributed by atoms with van der Waals surface area (Å²) >= 11 is 16.8. The van der Waals surface area contributed by atoms with Crippen LogP contribution in [0.4, 0.5) is 13.2 Å². The van der Waals surface area contributed by atoms with Crippen molar-refractivity contribution >= 4 is 46.7 Å². The Morgan fingerprint density at radius 3 is 1.36 bits per heavy atom. The highest BCUT2D eigenvalue weighted by Crippen LogP contribution is 2.61. The van der Waals surface area contributed by atoms with Crippen molar-refractivity contribution in [3.8, 4) is 35.1 Å². The first-order valence-electron chi connectivity index (χ1n) is 18.2. The summed E-state index contributed by atoms with van der Waals surface area (Å²) in [4.78, 5) is 25.2. The SMILES string of the molecule is CC1(C)C(C=C(Cl)Cl)C1C(=O)OC(C#N)c1cccc(Oc2ccccc2)c1.CC1(C)[C@H](C(=O)OC(C#N)c2cccc(Oc3ccccc3)c2)[C@@H]1/C=C(\Cl)C(F)(F)F. The number of allylic oxidation sites excluding steroid dienone is 3. The molecule has 8 nitrogen and oxygen atoms in total. The van der Waals surface area contributed by atoms with E-state index in [1.807, 2.05) is 74.5 Å². The molecule has 0 radical (unpaired) electrons. The maximum atomic E-state index is 12.7. The molecule has 59 heavy (non-hydrogen) atoms. The van der Waals surface area contributed by atoms with Gasteiger partial charge in [0.1, 0.15) is 44.7 Å². The van der Waals surface area contributed by atoms with Gasteiger partial charge in [0.15, 0.2) is 0 Å². The zero-order valence-electron chi connectivity index (χ0n) is 32.1. The number of carbonyl (C=O) groups excluding carboxylic acids is 2. The van der Waals surface area contributed by atoms with E-state index < -0.39 is 52.6 Å². The van der Waals surface area contributed by atoms with Crippen molar-refractivity contribution in [1.82, 2.24) is 0 Å². The van der Waals surface area contributed by atoms with E-state index >= 15 is 0 Å². The highest BCUT2D eigenvalue weighted by atomic mass is 35.5. The largest absolute Gasteiger partial charge is 0.457 e. The molecule has 2 saturated carbocycles. The summed E-state index contributed by atoms with van der Waals surface area (Å²) in [7, 11) is 0. The lowest BCUT2D eigenvalue weighted by Crippen LogP contribution is -2.14. The molecule has 0 aromatic heterocycles. The van der Waals surface area contributed by atoms with Crippen LogP contribution in [0.25, 0.3) is 0 Å². The molecule has 6 atom stereocenters. The number of esters is 2. The van der Waals surface area contributed by atoms with E-state index in [1.165, 1.54) is 0 Å². The molecular formula is C45H38Cl3F3N2O6. The second kappa shape index (κ2) is 18.6. The van der Waals surface area contributed by atoms with Gasteiger partial charge in [0.05, 0.1) is 11.8 Å². The summed E-state index contributed by atoms with van der Waals surface area (Å²) in [5, 5.41) is 17.8. The Hall–Kier alpha value is -5.46. The van der Waals surface area contributed by atoms with Gasteiger partial charge in [0.25, 0.3) is 0 Å². The Morgan fingerprint density at radius 1 is 0.627 bits per heavy atom. The van der Waals surface area contributed by atoms with E-state index in [9.17, 15) is 33.3 Å². The average molecular weight is 866 g/mol. The molecule has 0 aliphatic heterocycles. The summed E-state index contributed by atoms with van der Waals surface area (Å²) in [6, 6.07) is 35.7. The molecule has 306 valence electrons. The third-order valence-corrected chi connectivity index (χ3v) is 10.8. The molecule has 0 bridgehead atoms. The molecule has 0 saturated heterocycles. The van der Waals surface area contributed by atoms with Crippen LogP contribution in [-0.2, 0) is 19.1 Å². The Bertz CT molecular complexity index is 2280. The highest BCUT2D eigenvalue weighted by Gasteiger charge is 2.63. The van der Waals surface area contributed by atoms with E-state index in [4.69, 9.17) is 53.8 Å². The molecule has 0 heterocycles. The van der Waals surface area contributed by atoms with Crippen LogP contribution in [0.5, 0.6) is 23.0 Å². The number of nitrogens with zero attached hydrogens (tertiary/aromatic N) is 2. The van der Waals surface area contributed by atoms with E-state index in [1.54, 1.807) is 80.6 Å². The van der Waals surface area contributed by atoms with Crippen LogP contribution in [0.3, 0.4) is 0 Å². The predicted molar refractivity (Wildman–Crippen MR) is 216 cm³/mol. The highest BCUT2D eigenvalue weighted by molar-refractivity contribution is 6.55. The molecule has 2 aliphatic rings. The summed E-state index contributed by atoms with van der Waals surface area (Å²) in [5.41, 5.74) is -0.140. The smallest absolute Gasteiger partial charge is 0.426 e. The number of benzene rings is 4. The molecule has 0 spiro atoms. The minimum absolute atomic E-state index is 0.114. The second-order valence-corrected chi connectivity index (χ2v) is 16.4. The van der Waals surface area contributed by atoms with Gasteiger partial charge in [-0.15, -0.1) is 0 Å². The van der Waals surface area contributed by atoms with Crippen molar-refractivity contribution in [3.05, 3.63) is 142 Å². The summed E-state index contributed by atoms with van der Waals surface area (Å²) in [6.45, 7) is 7.17. The van der Waals surface area contributed by atoms with Gasteiger partial charge in [-0.05, 0) is 77.3 Å². The Balaban J connectivity index is 0.000000225. The minimum Gasteiger partial charge on any atom is -0.457 e. The average Bonchev–Trinajstić information content (AvgIpc) is 3.96. The second-order valence-electron chi connectivity index (χ2n) is 15.0. The van der Waals surface area contributed by atoms with Crippen LogP contribution >= 0.6 is 34.8 Å². The third kappa shape index (κ3) is 11.4. The van der Waals surface area contributed by atoms with Gasteiger partial charge in [-0.3, -0.25) is 9.59 Å². The van der Waals surface area contributed by atoms with Crippen LogP contribution in [-0.4, -0.2) is 18.1 Å². The molecular weight excluding hydrogens is 828 g/mol. The fourth-order valence-electron chi connectivity index (χ4n) is 6.71. The fraction of sp³-hybridized carbons (Fsp3) is 0.289. The number of carbonyl (C=O) groups is 2. The van der Waals surface area contributed by atoms with E-state index in [0.717, 1.165) is 6.08 Å². The number of para-hydroxylation sites is 2. The lowest BCUT2D eigenvalue weighted by molar-refractivity contribution is -0.150. The Morgan fingerprint density at radius 2 is 1.00 bits per heavy atom. The van der Waals surface area contributed by atoms with Gasteiger partial charge in [0, 0.05) is 11.1 Å². The molecule has 0 N–H and O–H groups in total. The molecule has 6 rings (SSSR count). The molecule has 14 heteroatoms. The first kappa shape index (κ1) is 44.6. The van der Waals surface area contributed by atoms with E-state index in [-0.39, 0.29) is 21.7 Å². The molecule has 0 amide bonds. The maximum Gasteiger partial charge on any atom is 0.426 e. The van der Waals surface area contributed by atoms with Crippen molar-refractivity contribution in [2.75, 3.05) is 0 Å². The lowest BCUT2D eigenvalue weighted by atomic mass is 10.1. The summed E-state index contributed by atoms with van der Waals surface area (Å²) in [5.74, 6) is -0.980. The minimum atomic E-state index is -4.68. The van der Waals surface area contributed by atoms with Crippen molar-refractivity contribution in [2.24, 2.45) is 34.5 Å². The number of hydrogen-bond acceptors (Lipinski definition) is 8. The Labute approximate surface area is 355 Å². The number of halogens is 6. The number of alkyl halides is 3. The molecule has 2 fully saturated rings. The van der Waals surface area contributed by atoms with Crippen molar-refractivity contribution in [1.29, 1.82) is 10.5 Å². The number of ether oxygens (including phenoxy) is 4. The summed E-state index contributed by atoms with van der Waals surface area (Å²) < 4.78 is 60.6. The van der Waals surface area contributed by atoms with E-state index in [2.05, 4.69) is 0 Å².